The fraction of sp³-hybridized carbons (Fsp3) is 0.667. The van der Waals surface area contributed by atoms with Crippen LogP contribution >= 0.6 is 0 Å². The van der Waals surface area contributed by atoms with E-state index in [1.165, 1.54) is 6.42 Å². The van der Waals surface area contributed by atoms with Crippen LogP contribution in [0.4, 0.5) is 0 Å². The molecule has 0 heterocycles. The zero-order chi connectivity index (χ0) is 15.3. The second-order valence-electron chi connectivity index (χ2n) is 6.48. The third-order valence-electron chi connectivity index (χ3n) is 4.67. The van der Waals surface area contributed by atoms with Crippen LogP contribution in [-0.4, -0.2) is 22.4 Å². The van der Waals surface area contributed by atoms with Gasteiger partial charge in [-0.2, -0.15) is 0 Å². The molecular weight excluding hydrogens is 264 g/mol. The molecule has 1 saturated carbocycles. The second kappa shape index (κ2) is 7.28. The van der Waals surface area contributed by atoms with Gasteiger partial charge in [-0.25, -0.2) is 0 Å². The number of ether oxygens (including phenoxy) is 1. The first-order valence-corrected chi connectivity index (χ1v) is 8.17. The van der Waals surface area contributed by atoms with Gasteiger partial charge in [0.1, 0.15) is 12.4 Å². The molecule has 2 N–H and O–H groups in total. The summed E-state index contributed by atoms with van der Waals surface area (Å²) in [4.78, 5) is 0. The van der Waals surface area contributed by atoms with Crippen LogP contribution < -0.4 is 4.74 Å². The topological polar surface area (TPSA) is 49.7 Å². The van der Waals surface area contributed by atoms with Gasteiger partial charge in [0, 0.05) is 0 Å². The minimum Gasteiger partial charge on any atom is -0.491 e. The highest BCUT2D eigenvalue weighted by molar-refractivity contribution is 5.30. The van der Waals surface area contributed by atoms with Crippen molar-refractivity contribution < 1.29 is 14.9 Å². The van der Waals surface area contributed by atoms with Gasteiger partial charge in [0.25, 0.3) is 0 Å². The number of hydrogen-bond donors (Lipinski definition) is 2. The van der Waals surface area contributed by atoms with E-state index in [1.54, 1.807) is 0 Å². The third-order valence-corrected chi connectivity index (χ3v) is 4.67. The Morgan fingerprint density at radius 3 is 2.62 bits per heavy atom. The fourth-order valence-corrected chi connectivity index (χ4v) is 2.91. The van der Waals surface area contributed by atoms with E-state index in [0.29, 0.717) is 6.61 Å². The van der Waals surface area contributed by atoms with Gasteiger partial charge in [-0.05, 0) is 36.5 Å². The van der Waals surface area contributed by atoms with Crippen LogP contribution in [0.1, 0.15) is 64.0 Å². The molecule has 0 bridgehead atoms. The number of benzene rings is 1. The maximum Gasteiger partial charge on any atom is 0.119 e. The molecule has 1 aliphatic rings. The Morgan fingerprint density at radius 1 is 1.24 bits per heavy atom. The monoisotopic (exact) mass is 292 g/mol. The standard InChI is InChI=1S/C18H28O3/c1-3-14(2)17(19)15-8-7-9-16(12-15)21-13-18(20)10-5-4-6-11-18/h7-9,12,14,17,19-20H,3-6,10-11,13H2,1-2H3/t14-,17-/m1/s1. The van der Waals surface area contributed by atoms with E-state index in [9.17, 15) is 10.2 Å². The van der Waals surface area contributed by atoms with Gasteiger partial charge in [-0.15, -0.1) is 0 Å². The van der Waals surface area contributed by atoms with Crippen molar-refractivity contribution in [3.05, 3.63) is 29.8 Å². The quantitative estimate of drug-likeness (QED) is 0.837. The first kappa shape index (κ1) is 16.3. The summed E-state index contributed by atoms with van der Waals surface area (Å²) in [5.41, 5.74) is 0.210. The molecule has 118 valence electrons. The Morgan fingerprint density at radius 2 is 1.95 bits per heavy atom. The van der Waals surface area contributed by atoms with E-state index < -0.39 is 11.7 Å². The maximum atomic E-state index is 10.5. The van der Waals surface area contributed by atoms with Crippen molar-refractivity contribution in [1.82, 2.24) is 0 Å². The highest BCUT2D eigenvalue weighted by atomic mass is 16.5. The lowest BCUT2D eigenvalue weighted by atomic mass is 9.85. The molecule has 0 spiro atoms. The minimum atomic E-state index is -0.677. The molecule has 0 radical (unpaired) electrons. The molecule has 21 heavy (non-hydrogen) atoms. The fourth-order valence-electron chi connectivity index (χ4n) is 2.91. The van der Waals surface area contributed by atoms with E-state index in [2.05, 4.69) is 6.92 Å². The molecule has 3 heteroatoms. The second-order valence-corrected chi connectivity index (χ2v) is 6.48. The SMILES string of the molecule is CC[C@@H](C)[C@@H](O)c1cccc(OCC2(O)CCCCC2)c1. The lowest BCUT2D eigenvalue weighted by molar-refractivity contribution is -0.0339. The van der Waals surface area contributed by atoms with Crippen molar-refractivity contribution in [2.45, 2.75) is 64.1 Å². The van der Waals surface area contributed by atoms with Crippen LogP contribution in [-0.2, 0) is 0 Å². The van der Waals surface area contributed by atoms with Crippen LogP contribution in [0.25, 0.3) is 0 Å². The molecule has 3 nitrogen and oxygen atoms in total. The summed E-state index contributed by atoms with van der Waals surface area (Å²) in [6, 6.07) is 7.61. The number of aliphatic hydroxyl groups excluding tert-OH is 1. The molecule has 2 rings (SSSR count). The molecule has 2 atom stereocenters. The minimum absolute atomic E-state index is 0.225. The van der Waals surface area contributed by atoms with Gasteiger partial charge >= 0.3 is 0 Å². The van der Waals surface area contributed by atoms with Crippen molar-refractivity contribution >= 4 is 0 Å². The highest BCUT2D eigenvalue weighted by Gasteiger charge is 2.30. The van der Waals surface area contributed by atoms with E-state index >= 15 is 0 Å². The van der Waals surface area contributed by atoms with Crippen molar-refractivity contribution in [3.8, 4) is 5.75 Å². The smallest absolute Gasteiger partial charge is 0.119 e. The van der Waals surface area contributed by atoms with Gasteiger partial charge in [0.2, 0.25) is 0 Å². The van der Waals surface area contributed by atoms with E-state index in [-0.39, 0.29) is 5.92 Å². The van der Waals surface area contributed by atoms with Gasteiger partial charge in [-0.3, -0.25) is 0 Å². The Bertz CT molecular complexity index is 438. The molecular formula is C18H28O3. The molecule has 0 aromatic heterocycles. The van der Waals surface area contributed by atoms with E-state index in [4.69, 9.17) is 4.74 Å². The lowest BCUT2D eigenvalue weighted by Gasteiger charge is -2.31. The molecule has 1 aromatic carbocycles. The van der Waals surface area contributed by atoms with Crippen LogP contribution in [0.3, 0.4) is 0 Å². The molecule has 1 aromatic rings. The summed E-state index contributed by atoms with van der Waals surface area (Å²) in [6.07, 6.45) is 5.48. The molecule has 1 fully saturated rings. The van der Waals surface area contributed by atoms with Crippen molar-refractivity contribution in [3.63, 3.8) is 0 Å². The Hall–Kier alpha value is -1.06. The molecule has 0 unspecified atom stereocenters. The van der Waals surface area contributed by atoms with Crippen LogP contribution in [0, 0.1) is 5.92 Å². The largest absolute Gasteiger partial charge is 0.491 e. The maximum absolute atomic E-state index is 10.5. The van der Waals surface area contributed by atoms with Crippen molar-refractivity contribution in [1.29, 1.82) is 0 Å². The molecule has 1 aliphatic carbocycles. The lowest BCUT2D eigenvalue weighted by Crippen LogP contribution is -2.37. The number of rotatable bonds is 6. The van der Waals surface area contributed by atoms with Gasteiger partial charge in [0.05, 0.1) is 11.7 Å². The van der Waals surface area contributed by atoms with Crippen LogP contribution in [0.15, 0.2) is 24.3 Å². The Balaban J connectivity index is 1.97. The van der Waals surface area contributed by atoms with E-state index in [0.717, 1.165) is 43.4 Å². The third kappa shape index (κ3) is 4.45. The van der Waals surface area contributed by atoms with Gasteiger partial charge < -0.3 is 14.9 Å². The predicted molar refractivity (Wildman–Crippen MR) is 84.4 cm³/mol. The van der Waals surface area contributed by atoms with E-state index in [1.807, 2.05) is 31.2 Å². The van der Waals surface area contributed by atoms with Crippen LogP contribution in [0.2, 0.25) is 0 Å². The predicted octanol–water partition coefficient (Wildman–Crippen LogP) is 3.84. The summed E-state index contributed by atoms with van der Waals surface area (Å²) >= 11 is 0. The average Bonchev–Trinajstić information content (AvgIpc) is 2.52. The first-order chi connectivity index (χ1) is 10.0. The summed E-state index contributed by atoms with van der Waals surface area (Å²) in [5, 5.41) is 20.7. The zero-order valence-corrected chi connectivity index (χ0v) is 13.2. The number of aliphatic hydroxyl groups is 2. The molecule has 0 amide bonds. The first-order valence-electron chi connectivity index (χ1n) is 8.17. The van der Waals surface area contributed by atoms with Gasteiger partial charge in [0.15, 0.2) is 0 Å². The zero-order valence-electron chi connectivity index (χ0n) is 13.2. The molecule has 0 aliphatic heterocycles. The van der Waals surface area contributed by atoms with Gasteiger partial charge in [-0.1, -0.05) is 51.7 Å². The summed E-state index contributed by atoms with van der Waals surface area (Å²) < 4.78 is 5.79. The Labute approximate surface area is 128 Å². The normalized spacial score (nSPS) is 20.8. The summed E-state index contributed by atoms with van der Waals surface area (Å²) in [5.74, 6) is 0.955. The Kier molecular flexibility index (Phi) is 5.65. The highest BCUT2D eigenvalue weighted by Crippen LogP contribution is 2.30. The van der Waals surface area contributed by atoms with Crippen LogP contribution in [0.5, 0.6) is 5.75 Å². The average molecular weight is 292 g/mol. The number of hydrogen-bond acceptors (Lipinski definition) is 3. The molecule has 0 saturated heterocycles. The van der Waals surface area contributed by atoms with Crippen molar-refractivity contribution in [2.24, 2.45) is 5.92 Å². The summed E-state index contributed by atoms with van der Waals surface area (Å²) in [6.45, 7) is 4.46. The summed E-state index contributed by atoms with van der Waals surface area (Å²) in [7, 11) is 0. The van der Waals surface area contributed by atoms with Crippen molar-refractivity contribution in [2.75, 3.05) is 6.61 Å².